The summed E-state index contributed by atoms with van der Waals surface area (Å²) >= 11 is 0. The second kappa shape index (κ2) is 12.5. The predicted molar refractivity (Wildman–Crippen MR) is 147 cm³/mol. The molecule has 3 aromatic rings. The van der Waals surface area contributed by atoms with E-state index in [1.165, 1.54) is 7.11 Å². The Hall–Kier alpha value is -4.00. The van der Waals surface area contributed by atoms with E-state index in [-0.39, 0.29) is 29.8 Å². The molecule has 1 aliphatic carbocycles. The lowest BCUT2D eigenvalue weighted by Gasteiger charge is -2.30. The van der Waals surface area contributed by atoms with Crippen molar-refractivity contribution in [1.82, 2.24) is 10.3 Å². The Morgan fingerprint density at radius 1 is 1.05 bits per heavy atom. The first-order chi connectivity index (χ1) is 18.4. The molecule has 0 saturated heterocycles. The van der Waals surface area contributed by atoms with Gasteiger partial charge in [-0.25, -0.2) is 0 Å². The molecular formula is C31H35N3O4. The lowest BCUT2D eigenvalue weighted by atomic mass is 9.83. The summed E-state index contributed by atoms with van der Waals surface area (Å²) in [4.78, 5) is 29.6. The summed E-state index contributed by atoms with van der Waals surface area (Å²) in [6.07, 6.45) is 5.60. The topological polar surface area (TPSA) is 101 Å². The van der Waals surface area contributed by atoms with Crippen LogP contribution >= 0.6 is 0 Å². The van der Waals surface area contributed by atoms with Crippen LogP contribution in [0.1, 0.15) is 76.3 Å². The highest BCUT2D eigenvalue weighted by Crippen LogP contribution is 2.32. The Morgan fingerprint density at radius 3 is 2.47 bits per heavy atom. The maximum Gasteiger partial charge on any atom is 0.310 e. The number of oxime groups is 1. The largest absolute Gasteiger partial charge is 0.469 e. The van der Waals surface area contributed by atoms with Crippen LogP contribution in [0.25, 0.3) is 0 Å². The van der Waals surface area contributed by atoms with Crippen LogP contribution in [-0.4, -0.2) is 40.9 Å². The highest BCUT2D eigenvalue weighted by Gasteiger charge is 2.33. The Labute approximate surface area is 223 Å². The number of nitrogens with zero attached hydrogens (tertiary/aromatic N) is 2. The van der Waals surface area contributed by atoms with Crippen LogP contribution in [0, 0.1) is 19.8 Å². The summed E-state index contributed by atoms with van der Waals surface area (Å²) < 4.78 is 4.96. The molecule has 1 amide bonds. The number of esters is 1. The van der Waals surface area contributed by atoms with Crippen molar-refractivity contribution in [3.63, 3.8) is 0 Å². The number of hydrogen-bond donors (Lipinski definition) is 2. The van der Waals surface area contributed by atoms with E-state index in [9.17, 15) is 14.8 Å². The Kier molecular flexibility index (Phi) is 8.89. The molecule has 1 heterocycles. The minimum Gasteiger partial charge on any atom is -0.469 e. The third-order valence-electron chi connectivity index (χ3n) is 7.47. The van der Waals surface area contributed by atoms with Crippen LogP contribution in [0.5, 0.6) is 0 Å². The van der Waals surface area contributed by atoms with Crippen LogP contribution < -0.4 is 5.32 Å². The van der Waals surface area contributed by atoms with Gasteiger partial charge in [-0.15, -0.1) is 0 Å². The molecule has 38 heavy (non-hydrogen) atoms. The quantitative estimate of drug-likeness (QED) is 0.178. The molecule has 7 nitrogen and oxygen atoms in total. The van der Waals surface area contributed by atoms with Gasteiger partial charge in [0.15, 0.2) is 0 Å². The summed E-state index contributed by atoms with van der Waals surface area (Å²) in [5, 5.41) is 16.6. The molecule has 1 aliphatic rings. The average Bonchev–Trinajstić information content (AvgIpc) is 2.94. The van der Waals surface area contributed by atoms with Gasteiger partial charge < -0.3 is 15.3 Å². The van der Waals surface area contributed by atoms with Gasteiger partial charge in [0.1, 0.15) is 0 Å². The van der Waals surface area contributed by atoms with E-state index in [2.05, 4.69) is 34.5 Å². The highest BCUT2D eigenvalue weighted by molar-refractivity contribution is 6.01. The number of aromatic nitrogens is 1. The number of aryl methyl sites for hydroxylation is 2. The van der Waals surface area contributed by atoms with Gasteiger partial charge in [0.25, 0.3) is 5.91 Å². The third kappa shape index (κ3) is 6.28. The summed E-state index contributed by atoms with van der Waals surface area (Å²) in [7, 11) is 1.39. The fourth-order valence-corrected chi connectivity index (χ4v) is 5.38. The van der Waals surface area contributed by atoms with Crippen LogP contribution in [0.2, 0.25) is 0 Å². The van der Waals surface area contributed by atoms with E-state index in [0.717, 1.165) is 53.6 Å². The lowest BCUT2D eigenvalue weighted by Crippen LogP contribution is -2.45. The van der Waals surface area contributed by atoms with E-state index >= 15 is 0 Å². The van der Waals surface area contributed by atoms with Gasteiger partial charge >= 0.3 is 5.97 Å². The normalized spacial score (nSPS) is 18.4. The van der Waals surface area contributed by atoms with E-state index in [1.54, 1.807) is 6.20 Å². The Morgan fingerprint density at radius 2 is 1.79 bits per heavy atom. The van der Waals surface area contributed by atoms with Crippen LogP contribution in [0.4, 0.5) is 0 Å². The maximum absolute atomic E-state index is 13.1. The maximum atomic E-state index is 13.1. The van der Waals surface area contributed by atoms with Crippen molar-refractivity contribution in [3.05, 3.63) is 100 Å². The van der Waals surface area contributed by atoms with Gasteiger partial charge in [-0.1, -0.05) is 54.4 Å². The number of nitrogens with one attached hydrogen (secondary N) is 1. The number of ether oxygens (including phenoxy) is 1. The number of methoxy groups -OCH3 is 1. The van der Waals surface area contributed by atoms with Gasteiger partial charge in [0, 0.05) is 41.4 Å². The van der Waals surface area contributed by atoms with Crippen molar-refractivity contribution in [2.24, 2.45) is 11.1 Å². The minimum absolute atomic E-state index is 0.0882. The van der Waals surface area contributed by atoms with Gasteiger partial charge in [-0.05, 0) is 67.6 Å². The van der Waals surface area contributed by atoms with Crippen molar-refractivity contribution < 1.29 is 19.5 Å². The van der Waals surface area contributed by atoms with Gasteiger partial charge in [-0.3, -0.25) is 14.6 Å². The fourth-order valence-electron chi connectivity index (χ4n) is 5.38. The molecule has 2 aromatic carbocycles. The summed E-state index contributed by atoms with van der Waals surface area (Å²) in [6, 6.07) is 19.2. The summed E-state index contributed by atoms with van der Waals surface area (Å²) in [5.41, 5.74) is 6.03. The summed E-state index contributed by atoms with van der Waals surface area (Å²) in [6.45, 7) is 3.97. The smallest absolute Gasteiger partial charge is 0.310 e. The minimum atomic E-state index is -0.310. The molecule has 2 unspecified atom stereocenters. The number of amides is 1. The lowest BCUT2D eigenvalue weighted by molar-refractivity contribution is -0.147. The molecule has 0 radical (unpaired) electrons. The average molecular weight is 514 g/mol. The van der Waals surface area contributed by atoms with Crippen LogP contribution in [0.3, 0.4) is 0 Å². The molecule has 7 heteroatoms. The van der Waals surface area contributed by atoms with Crippen LogP contribution in [0.15, 0.2) is 72.0 Å². The van der Waals surface area contributed by atoms with Crippen molar-refractivity contribution >= 4 is 17.6 Å². The predicted octanol–water partition coefficient (Wildman–Crippen LogP) is 5.56. The van der Waals surface area contributed by atoms with E-state index in [0.29, 0.717) is 17.7 Å². The van der Waals surface area contributed by atoms with Crippen molar-refractivity contribution in [2.45, 2.75) is 57.9 Å². The van der Waals surface area contributed by atoms with Gasteiger partial charge in [-0.2, -0.15) is 0 Å². The second-order valence-electron chi connectivity index (χ2n) is 9.96. The summed E-state index contributed by atoms with van der Waals surface area (Å²) in [5.74, 6) is -0.864. The second-order valence-corrected chi connectivity index (χ2v) is 9.96. The highest BCUT2D eigenvalue weighted by atomic mass is 16.5. The SMILES string of the molecule is COC(=O)C1CCCCC1NC(=O)c1ccc([C@@H](C/C(=N/O)c2ccnc(C)c2)c2ccccc2C)cc1. The van der Waals surface area contributed by atoms with E-state index in [4.69, 9.17) is 4.74 Å². The van der Waals surface area contributed by atoms with Crippen LogP contribution in [-0.2, 0) is 9.53 Å². The van der Waals surface area contributed by atoms with Gasteiger partial charge in [0.2, 0.25) is 0 Å². The zero-order valence-electron chi connectivity index (χ0n) is 22.2. The van der Waals surface area contributed by atoms with Crippen molar-refractivity contribution in [3.8, 4) is 0 Å². The third-order valence-corrected chi connectivity index (χ3v) is 7.47. The first kappa shape index (κ1) is 27.0. The molecule has 0 bridgehead atoms. The molecule has 2 N–H and O–H groups in total. The number of carbonyl (C=O) groups is 2. The molecule has 1 aromatic heterocycles. The first-order valence-electron chi connectivity index (χ1n) is 13.1. The van der Waals surface area contributed by atoms with E-state index < -0.39 is 0 Å². The first-order valence-corrected chi connectivity index (χ1v) is 13.1. The zero-order valence-corrected chi connectivity index (χ0v) is 22.2. The number of rotatable bonds is 8. The van der Waals surface area contributed by atoms with Crippen molar-refractivity contribution in [1.29, 1.82) is 0 Å². The number of benzene rings is 2. The fraction of sp³-hybridized carbons (Fsp3) is 0.355. The molecular weight excluding hydrogens is 478 g/mol. The molecule has 0 spiro atoms. The van der Waals surface area contributed by atoms with Gasteiger partial charge in [0.05, 0.1) is 18.7 Å². The molecule has 198 valence electrons. The number of pyridine rings is 1. The Balaban J connectivity index is 1.58. The van der Waals surface area contributed by atoms with Crippen molar-refractivity contribution in [2.75, 3.05) is 7.11 Å². The molecule has 1 saturated carbocycles. The zero-order chi connectivity index (χ0) is 27.1. The standard InChI is InChI=1S/C31H35N3O4/c1-20-8-4-5-9-25(20)27(19-29(34-37)24-16-17-32-21(2)18-24)22-12-14-23(15-13-22)30(35)33-28-11-7-6-10-26(28)31(36)38-3/h4-5,8-9,12-18,26-28,37H,6-7,10-11,19H2,1-3H3,(H,33,35)/b34-29-/t26?,27-,28?/m1/s1. The monoisotopic (exact) mass is 513 g/mol. The number of hydrogen-bond acceptors (Lipinski definition) is 6. The Bertz CT molecular complexity index is 1300. The molecule has 3 atom stereocenters. The van der Waals surface area contributed by atoms with E-state index in [1.807, 2.05) is 55.5 Å². The molecule has 1 fully saturated rings. The molecule has 4 rings (SSSR count). The number of carbonyl (C=O) groups excluding carboxylic acids is 2. The molecule has 0 aliphatic heterocycles.